The van der Waals surface area contributed by atoms with Crippen LogP contribution in [-0.2, 0) is 16.9 Å². The quantitative estimate of drug-likeness (QED) is 0.205. The molecule has 0 saturated carbocycles. The molecule has 2 aliphatic heterocycles. The third kappa shape index (κ3) is 4.68. The molecule has 1 fully saturated rings. The van der Waals surface area contributed by atoms with Crippen molar-refractivity contribution in [1.82, 2.24) is 9.88 Å². The lowest BCUT2D eigenvalue weighted by Crippen LogP contribution is -2.51. The summed E-state index contributed by atoms with van der Waals surface area (Å²) in [7, 11) is 0. The first-order chi connectivity index (χ1) is 18.7. The van der Waals surface area contributed by atoms with Gasteiger partial charge in [0.2, 0.25) is 6.04 Å². The number of nitro groups is 1. The van der Waals surface area contributed by atoms with E-state index in [-0.39, 0.29) is 41.9 Å². The summed E-state index contributed by atoms with van der Waals surface area (Å²) in [5.74, 6) is -2.04. The molecule has 12 heteroatoms. The van der Waals surface area contributed by atoms with Crippen LogP contribution in [0.5, 0.6) is 5.75 Å². The van der Waals surface area contributed by atoms with Crippen LogP contribution in [-0.4, -0.2) is 51.1 Å². The lowest BCUT2D eigenvalue weighted by Gasteiger charge is -2.38. The number of halogens is 3. The molecule has 0 radical (unpaired) electrons. The number of amides is 1. The zero-order valence-corrected chi connectivity index (χ0v) is 22.3. The lowest BCUT2D eigenvalue weighted by atomic mass is 9.74. The number of aromatic nitrogens is 1. The molecular weight excluding hydrogens is 562 g/mol. The number of nitrogens with zero attached hydrogens (tertiary/aromatic N) is 3. The summed E-state index contributed by atoms with van der Waals surface area (Å²) in [6, 6.07) is 12.0. The Morgan fingerprint density at radius 3 is 2.67 bits per heavy atom. The summed E-state index contributed by atoms with van der Waals surface area (Å²) in [4.78, 5) is 32.3. The highest BCUT2D eigenvalue weighted by molar-refractivity contribution is 6.30. The SMILES string of the molecule is C.CCOc1cccc(CN2[C@@H](CCO)[C@@H]([N+](=O)[O-])[C@H](c3cccc(Cl)c3F)[C@]23C(=O)Nc2nc(Cl)ccc23)c1. The van der Waals surface area contributed by atoms with Gasteiger partial charge in [-0.1, -0.05) is 54.9 Å². The van der Waals surface area contributed by atoms with Gasteiger partial charge in [0.25, 0.3) is 5.91 Å². The molecule has 212 valence electrons. The number of benzene rings is 2. The highest BCUT2D eigenvalue weighted by Crippen LogP contribution is 2.58. The van der Waals surface area contributed by atoms with Gasteiger partial charge in [-0.3, -0.25) is 19.8 Å². The molecule has 1 saturated heterocycles. The van der Waals surface area contributed by atoms with Crippen molar-refractivity contribution in [3.63, 3.8) is 0 Å². The number of carbonyl (C=O) groups excluding carboxylic acids is 1. The minimum atomic E-state index is -1.77. The molecule has 4 atom stereocenters. The highest BCUT2D eigenvalue weighted by Gasteiger charge is 2.71. The van der Waals surface area contributed by atoms with E-state index >= 15 is 4.39 Å². The first-order valence-corrected chi connectivity index (χ1v) is 13.1. The van der Waals surface area contributed by atoms with Crippen LogP contribution in [0.2, 0.25) is 10.2 Å². The molecule has 1 aromatic heterocycles. The van der Waals surface area contributed by atoms with Gasteiger partial charge in [-0.15, -0.1) is 0 Å². The molecule has 3 heterocycles. The number of aliphatic hydroxyl groups excluding tert-OH is 1. The first-order valence-electron chi connectivity index (χ1n) is 12.4. The molecular formula is C28H29Cl2FN4O5. The van der Waals surface area contributed by atoms with E-state index in [1.165, 1.54) is 24.3 Å². The number of pyridine rings is 1. The Kier molecular flexibility index (Phi) is 8.65. The minimum absolute atomic E-state index is 0. The van der Waals surface area contributed by atoms with Gasteiger partial charge in [-0.05, 0) is 49.2 Å². The number of anilines is 1. The van der Waals surface area contributed by atoms with E-state index in [0.29, 0.717) is 23.5 Å². The van der Waals surface area contributed by atoms with E-state index < -0.39 is 46.8 Å². The van der Waals surface area contributed by atoms with Crippen molar-refractivity contribution in [3.05, 3.63) is 97.4 Å². The summed E-state index contributed by atoms with van der Waals surface area (Å²) in [5.41, 5.74) is -0.802. The van der Waals surface area contributed by atoms with E-state index in [2.05, 4.69) is 10.3 Å². The molecule has 3 aromatic rings. The predicted molar refractivity (Wildman–Crippen MR) is 150 cm³/mol. The Balaban J connectivity index is 0.00000370. The van der Waals surface area contributed by atoms with Crippen LogP contribution in [0.4, 0.5) is 10.2 Å². The van der Waals surface area contributed by atoms with E-state index in [9.17, 15) is 20.0 Å². The highest BCUT2D eigenvalue weighted by atomic mass is 35.5. The van der Waals surface area contributed by atoms with Crippen molar-refractivity contribution in [2.45, 2.75) is 50.9 Å². The second-order valence-electron chi connectivity index (χ2n) is 9.44. The average Bonchev–Trinajstić information content (AvgIpc) is 3.33. The Morgan fingerprint density at radius 2 is 1.98 bits per heavy atom. The number of likely N-dealkylation sites (tertiary alicyclic amines) is 1. The maximum absolute atomic E-state index is 15.7. The van der Waals surface area contributed by atoms with Crippen molar-refractivity contribution >= 4 is 34.9 Å². The number of rotatable bonds is 8. The maximum Gasteiger partial charge on any atom is 0.251 e. The number of nitrogens with one attached hydrogen (secondary N) is 1. The number of hydrogen-bond acceptors (Lipinski definition) is 7. The number of carbonyl (C=O) groups is 1. The monoisotopic (exact) mass is 590 g/mol. The van der Waals surface area contributed by atoms with Crippen LogP contribution in [0.3, 0.4) is 0 Å². The van der Waals surface area contributed by atoms with Crippen LogP contribution >= 0.6 is 23.2 Å². The van der Waals surface area contributed by atoms with Crippen LogP contribution < -0.4 is 10.1 Å². The van der Waals surface area contributed by atoms with Crippen molar-refractivity contribution in [2.24, 2.45) is 0 Å². The Bertz CT molecular complexity index is 1440. The van der Waals surface area contributed by atoms with Crippen molar-refractivity contribution < 1.29 is 24.0 Å². The van der Waals surface area contributed by atoms with Gasteiger partial charge in [-0.2, -0.15) is 0 Å². The fourth-order valence-electron chi connectivity index (χ4n) is 6.08. The minimum Gasteiger partial charge on any atom is -0.494 e. The molecule has 0 unspecified atom stereocenters. The van der Waals surface area contributed by atoms with E-state index in [1.807, 2.05) is 13.0 Å². The summed E-state index contributed by atoms with van der Waals surface area (Å²) in [5, 5.41) is 25.4. The maximum atomic E-state index is 15.7. The van der Waals surface area contributed by atoms with Crippen LogP contribution in [0, 0.1) is 15.9 Å². The van der Waals surface area contributed by atoms with Crippen LogP contribution in [0.15, 0.2) is 54.6 Å². The normalized spacial score (nSPS) is 23.5. The van der Waals surface area contributed by atoms with Crippen molar-refractivity contribution in [1.29, 1.82) is 0 Å². The van der Waals surface area contributed by atoms with Crippen LogP contribution in [0.1, 0.15) is 43.4 Å². The summed E-state index contributed by atoms with van der Waals surface area (Å²) in [6.07, 6.45) is -0.0408. The van der Waals surface area contributed by atoms with Crippen molar-refractivity contribution in [3.8, 4) is 5.75 Å². The molecule has 5 rings (SSSR count). The zero-order chi connectivity index (χ0) is 27.9. The van der Waals surface area contributed by atoms with Gasteiger partial charge in [0, 0.05) is 29.2 Å². The molecule has 2 aromatic carbocycles. The van der Waals surface area contributed by atoms with Crippen molar-refractivity contribution in [2.75, 3.05) is 18.5 Å². The number of hydrogen-bond donors (Lipinski definition) is 2. The van der Waals surface area contributed by atoms with Crippen LogP contribution in [0.25, 0.3) is 0 Å². The molecule has 1 amide bonds. The van der Waals surface area contributed by atoms with Gasteiger partial charge < -0.3 is 15.2 Å². The fourth-order valence-corrected chi connectivity index (χ4v) is 6.41. The Labute approximate surface area is 241 Å². The lowest BCUT2D eigenvalue weighted by molar-refractivity contribution is -0.528. The topological polar surface area (TPSA) is 118 Å². The summed E-state index contributed by atoms with van der Waals surface area (Å²) >= 11 is 12.3. The molecule has 1 spiro atoms. The van der Waals surface area contributed by atoms with Gasteiger partial charge >= 0.3 is 0 Å². The fraction of sp³-hybridized carbons (Fsp3) is 0.357. The first kappa shape index (κ1) is 29.7. The largest absolute Gasteiger partial charge is 0.494 e. The standard InChI is InChI=1S/C27H25Cl2FN4O5.CH4/c1-2-39-16-6-3-5-15(13-16)14-33-20(11-12-35)24(34(37)38)22(17-7-4-8-19(28)23(17)30)27(33)18-9-10-21(29)31-25(18)32-26(27)36;/h3-10,13,20,22,24,35H,2,11-12,14H2,1H3,(H,31,32,36);1H4/t20-,22-,24+,27+;/m0./s1. The molecule has 0 bridgehead atoms. The van der Waals surface area contributed by atoms with Gasteiger partial charge in [-0.25, -0.2) is 9.37 Å². The van der Waals surface area contributed by atoms with Gasteiger partial charge in [0.1, 0.15) is 28.1 Å². The third-order valence-corrected chi connectivity index (χ3v) is 7.94. The average molecular weight is 591 g/mol. The number of ether oxygens (including phenoxy) is 1. The predicted octanol–water partition coefficient (Wildman–Crippen LogP) is 5.41. The third-order valence-electron chi connectivity index (χ3n) is 7.44. The van der Waals surface area contributed by atoms with Gasteiger partial charge in [0.15, 0.2) is 0 Å². The second kappa shape index (κ2) is 11.7. The van der Waals surface area contributed by atoms with Gasteiger partial charge in [0.05, 0.1) is 23.6 Å². The van der Waals surface area contributed by atoms with E-state index in [1.54, 1.807) is 29.2 Å². The molecule has 2 aliphatic rings. The number of fused-ring (bicyclic) bond motifs is 2. The van der Waals surface area contributed by atoms with E-state index in [0.717, 1.165) is 0 Å². The molecule has 0 aliphatic carbocycles. The molecule has 40 heavy (non-hydrogen) atoms. The zero-order valence-electron chi connectivity index (χ0n) is 20.8. The second-order valence-corrected chi connectivity index (χ2v) is 10.2. The van der Waals surface area contributed by atoms with E-state index in [4.69, 9.17) is 27.9 Å². The Hall–Kier alpha value is -3.31. The summed E-state index contributed by atoms with van der Waals surface area (Å²) < 4.78 is 21.3. The Morgan fingerprint density at radius 1 is 1.23 bits per heavy atom. The smallest absolute Gasteiger partial charge is 0.251 e. The molecule has 2 N–H and O–H groups in total. The summed E-state index contributed by atoms with van der Waals surface area (Å²) in [6.45, 7) is 1.96. The number of aliphatic hydroxyl groups is 1. The molecule has 9 nitrogen and oxygen atoms in total.